The highest BCUT2D eigenvalue weighted by Crippen LogP contribution is 2.61. The minimum absolute atomic E-state index is 0.0360. The molecular formula is C15H18N2OS. The number of thiazole rings is 1. The average molecular weight is 274 g/mol. The largest absolute Gasteiger partial charge is 0.389 e. The van der Waals surface area contributed by atoms with Crippen molar-refractivity contribution in [3.05, 3.63) is 15.6 Å². The maximum Gasteiger partial charge on any atom is 0.155 e. The highest BCUT2D eigenvalue weighted by Gasteiger charge is 2.53. The Morgan fingerprint density at radius 2 is 1.79 bits per heavy atom. The van der Waals surface area contributed by atoms with E-state index in [1.54, 1.807) is 11.3 Å². The van der Waals surface area contributed by atoms with E-state index in [2.05, 4.69) is 11.1 Å². The van der Waals surface area contributed by atoms with E-state index >= 15 is 0 Å². The van der Waals surface area contributed by atoms with Crippen LogP contribution in [-0.4, -0.2) is 10.1 Å². The van der Waals surface area contributed by atoms with Crippen LogP contribution >= 0.6 is 11.3 Å². The van der Waals surface area contributed by atoms with Gasteiger partial charge in [-0.2, -0.15) is 5.26 Å². The molecule has 0 unspecified atom stereocenters. The molecule has 0 spiro atoms. The molecule has 4 fully saturated rings. The van der Waals surface area contributed by atoms with Crippen LogP contribution in [0.3, 0.4) is 0 Å². The van der Waals surface area contributed by atoms with E-state index in [0.717, 1.165) is 17.8 Å². The first-order valence-corrected chi connectivity index (χ1v) is 8.05. The summed E-state index contributed by atoms with van der Waals surface area (Å²) in [7, 11) is 0. The SMILES string of the molecule is N#Cc1nc(CO)sc1C12CC3CC(CC(C3)C1)C2. The van der Waals surface area contributed by atoms with Gasteiger partial charge >= 0.3 is 0 Å². The van der Waals surface area contributed by atoms with Crippen LogP contribution in [0, 0.1) is 29.1 Å². The van der Waals surface area contributed by atoms with Crippen LogP contribution in [0.2, 0.25) is 0 Å². The third-order valence-corrected chi connectivity index (χ3v) is 6.72. The highest BCUT2D eigenvalue weighted by atomic mass is 32.1. The number of hydrogen-bond donors (Lipinski definition) is 1. The summed E-state index contributed by atoms with van der Waals surface area (Å²) in [6, 6.07) is 2.26. The molecular weight excluding hydrogens is 256 g/mol. The Balaban J connectivity index is 1.79. The molecule has 4 bridgehead atoms. The van der Waals surface area contributed by atoms with Gasteiger partial charge in [0.2, 0.25) is 0 Å². The molecule has 1 aromatic rings. The summed E-state index contributed by atoms with van der Waals surface area (Å²) < 4.78 is 0. The van der Waals surface area contributed by atoms with Crippen molar-refractivity contribution in [2.75, 3.05) is 0 Å². The zero-order chi connectivity index (χ0) is 13.0. The van der Waals surface area contributed by atoms with Gasteiger partial charge in [0.15, 0.2) is 5.69 Å². The first-order valence-electron chi connectivity index (χ1n) is 7.23. The molecule has 0 atom stereocenters. The van der Waals surface area contributed by atoms with Crippen molar-refractivity contribution in [2.24, 2.45) is 17.8 Å². The first-order chi connectivity index (χ1) is 9.22. The molecule has 4 saturated carbocycles. The normalized spacial score (nSPS) is 39.5. The van der Waals surface area contributed by atoms with Crippen LogP contribution in [-0.2, 0) is 12.0 Å². The number of rotatable bonds is 2. The summed E-state index contributed by atoms with van der Waals surface area (Å²) in [5, 5.41) is 19.3. The van der Waals surface area contributed by atoms with Crippen molar-refractivity contribution in [1.82, 2.24) is 4.98 Å². The summed E-state index contributed by atoms with van der Waals surface area (Å²) in [6.45, 7) is -0.0360. The molecule has 100 valence electrons. The third-order valence-electron chi connectivity index (χ3n) is 5.43. The van der Waals surface area contributed by atoms with Crippen molar-refractivity contribution >= 4 is 11.3 Å². The molecule has 4 aliphatic carbocycles. The summed E-state index contributed by atoms with van der Waals surface area (Å²) >= 11 is 1.59. The molecule has 1 N–H and O–H groups in total. The van der Waals surface area contributed by atoms with E-state index in [1.165, 1.54) is 43.4 Å². The second-order valence-corrected chi connectivity index (χ2v) is 7.84. The summed E-state index contributed by atoms with van der Waals surface area (Å²) in [4.78, 5) is 5.50. The minimum Gasteiger partial charge on any atom is -0.389 e. The molecule has 0 aliphatic heterocycles. The maximum absolute atomic E-state index is 9.34. The van der Waals surface area contributed by atoms with Crippen LogP contribution < -0.4 is 0 Å². The van der Waals surface area contributed by atoms with E-state index in [-0.39, 0.29) is 12.0 Å². The molecule has 5 rings (SSSR count). The predicted molar refractivity (Wildman–Crippen MR) is 72.6 cm³/mol. The number of aliphatic hydroxyl groups excluding tert-OH is 1. The highest BCUT2D eigenvalue weighted by molar-refractivity contribution is 7.12. The van der Waals surface area contributed by atoms with Gasteiger partial charge in [0.25, 0.3) is 0 Å². The molecule has 3 nitrogen and oxygen atoms in total. The monoisotopic (exact) mass is 274 g/mol. The number of aliphatic hydroxyl groups is 1. The van der Waals surface area contributed by atoms with Gasteiger partial charge in [0.05, 0.1) is 6.61 Å². The van der Waals surface area contributed by atoms with Crippen LogP contribution in [0.15, 0.2) is 0 Å². The average Bonchev–Trinajstić information content (AvgIpc) is 2.81. The fourth-order valence-electron chi connectivity index (χ4n) is 5.26. The molecule has 0 radical (unpaired) electrons. The zero-order valence-corrected chi connectivity index (χ0v) is 11.7. The van der Waals surface area contributed by atoms with Gasteiger partial charge in [0.1, 0.15) is 11.1 Å². The molecule has 0 aromatic carbocycles. The minimum atomic E-state index is -0.0360. The maximum atomic E-state index is 9.34. The topological polar surface area (TPSA) is 56.9 Å². The van der Waals surface area contributed by atoms with Gasteiger partial charge in [0, 0.05) is 10.3 Å². The lowest BCUT2D eigenvalue weighted by Crippen LogP contribution is -2.48. The van der Waals surface area contributed by atoms with Crippen LogP contribution in [0.1, 0.15) is 54.1 Å². The smallest absolute Gasteiger partial charge is 0.155 e. The van der Waals surface area contributed by atoms with Gasteiger partial charge in [-0.15, -0.1) is 11.3 Å². The van der Waals surface area contributed by atoms with Crippen molar-refractivity contribution < 1.29 is 5.11 Å². The van der Waals surface area contributed by atoms with Crippen LogP contribution in [0.25, 0.3) is 0 Å². The molecule has 1 aromatic heterocycles. The van der Waals surface area contributed by atoms with E-state index in [4.69, 9.17) is 0 Å². The number of nitriles is 1. The van der Waals surface area contributed by atoms with Gasteiger partial charge in [-0.1, -0.05) is 0 Å². The number of aromatic nitrogens is 1. The lowest BCUT2D eigenvalue weighted by atomic mass is 9.49. The Kier molecular flexibility index (Phi) is 2.52. The van der Waals surface area contributed by atoms with E-state index in [1.807, 2.05) is 0 Å². The van der Waals surface area contributed by atoms with Gasteiger partial charge in [-0.25, -0.2) is 4.98 Å². The van der Waals surface area contributed by atoms with Crippen LogP contribution in [0.4, 0.5) is 0 Å². The molecule has 4 aliphatic rings. The Morgan fingerprint density at radius 3 is 2.26 bits per heavy atom. The van der Waals surface area contributed by atoms with Crippen LogP contribution in [0.5, 0.6) is 0 Å². The molecule has 4 heteroatoms. The second kappa shape index (κ2) is 4.04. The quantitative estimate of drug-likeness (QED) is 0.902. The summed E-state index contributed by atoms with van der Waals surface area (Å²) in [6.07, 6.45) is 7.98. The number of hydrogen-bond acceptors (Lipinski definition) is 4. The van der Waals surface area contributed by atoms with Gasteiger partial charge in [-0.3, -0.25) is 0 Å². The Hall–Kier alpha value is -0.920. The fourth-order valence-corrected chi connectivity index (χ4v) is 6.35. The predicted octanol–water partition coefficient (Wildman–Crippen LogP) is 2.97. The van der Waals surface area contributed by atoms with E-state index in [9.17, 15) is 10.4 Å². The second-order valence-electron chi connectivity index (χ2n) is 6.75. The van der Waals surface area contributed by atoms with E-state index in [0.29, 0.717) is 10.7 Å². The standard InChI is InChI=1S/C15H18N2OS/c16-7-12-14(19-13(8-18)17-12)15-4-9-1-10(5-15)3-11(2-9)6-15/h9-11,18H,1-6,8H2. The summed E-state index contributed by atoms with van der Waals surface area (Å²) in [5.41, 5.74) is 0.821. The summed E-state index contributed by atoms with van der Waals surface area (Å²) in [5.74, 6) is 2.62. The molecule has 0 amide bonds. The van der Waals surface area contributed by atoms with Crippen molar-refractivity contribution in [1.29, 1.82) is 5.26 Å². The first kappa shape index (κ1) is 11.9. The molecule has 1 heterocycles. The molecule has 19 heavy (non-hydrogen) atoms. The third kappa shape index (κ3) is 1.68. The fraction of sp³-hybridized carbons (Fsp3) is 0.733. The van der Waals surface area contributed by atoms with Crippen molar-refractivity contribution in [2.45, 2.75) is 50.5 Å². The Labute approximate surface area is 117 Å². The van der Waals surface area contributed by atoms with Crippen molar-refractivity contribution in [3.63, 3.8) is 0 Å². The molecule has 0 saturated heterocycles. The number of nitrogens with zero attached hydrogens (tertiary/aromatic N) is 2. The van der Waals surface area contributed by atoms with Crippen molar-refractivity contribution in [3.8, 4) is 6.07 Å². The lowest BCUT2D eigenvalue weighted by Gasteiger charge is -2.56. The Morgan fingerprint density at radius 1 is 1.21 bits per heavy atom. The van der Waals surface area contributed by atoms with E-state index < -0.39 is 0 Å². The van der Waals surface area contributed by atoms with Gasteiger partial charge < -0.3 is 5.11 Å². The Bertz CT molecular complexity index is 522. The zero-order valence-electron chi connectivity index (χ0n) is 10.9. The lowest BCUT2D eigenvalue weighted by molar-refractivity contribution is -0.00367. The van der Waals surface area contributed by atoms with Gasteiger partial charge in [-0.05, 0) is 56.3 Å².